The van der Waals surface area contributed by atoms with Gasteiger partial charge in [0, 0.05) is 25.3 Å². The second-order valence-electron chi connectivity index (χ2n) is 4.52. The van der Waals surface area contributed by atoms with Gasteiger partial charge in [0.25, 0.3) is 5.91 Å². The summed E-state index contributed by atoms with van der Waals surface area (Å²) < 4.78 is 1.77. The quantitative estimate of drug-likeness (QED) is 0.761. The second-order valence-corrected chi connectivity index (χ2v) is 4.52. The number of hydrogen-bond donors (Lipinski definition) is 2. The van der Waals surface area contributed by atoms with Crippen molar-refractivity contribution in [1.29, 1.82) is 0 Å². The molecule has 0 aliphatic heterocycles. The fourth-order valence-electron chi connectivity index (χ4n) is 2.15. The number of amides is 1. The highest BCUT2D eigenvalue weighted by Gasteiger charge is 2.21. The van der Waals surface area contributed by atoms with E-state index >= 15 is 0 Å². The molecule has 5 nitrogen and oxygen atoms in total. The van der Waals surface area contributed by atoms with Gasteiger partial charge in [0.2, 0.25) is 0 Å². The lowest BCUT2D eigenvalue weighted by atomic mass is 9.91. The molecule has 1 aromatic heterocycles. The van der Waals surface area contributed by atoms with Gasteiger partial charge in [0.15, 0.2) is 0 Å². The van der Waals surface area contributed by atoms with E-state index in [1.54, 1.807) is 17.1 Å². The van der Waals surface area contributed by atoms with Crippen molar-refractivity contribution in [3.05, 3.63) is 18.2 Å². The van der Waals surface area contributed by atoms with Crippen molar-refractivity contribution >= 4 is 5.91 Å². The number of carbonyl (C=O) groups is 1. The van der Waals surface area contributed by atoms with Crippen LogP contribution < -0.4 is 11.1 Å². The number of aromatic nitrogens is 2. The van der Waals surface area contributed by atoms with Gasteiger partial charge in [-0.25, -0.2) is 4.98 Å². The Morgan fingerprint density at radius 3 is 3.06 bits per heavy atom. The van der Waals surface area contributed by atoms with Crippen LogP contribution >= 0.6 is 0 Å². The number of carbonyl (C=O) groups excluding carboxylic acids is 1. The Labute approximate surface area is 95.0 Å². The van der Waals surface area contributed by atoms with E-state index < -0.39 is 0 Å². The van der Waals surface area contributed by atoms with Gasteiger partial charge in [-0.05, 0) is 25.7 Å². The normalized spacial score (nSPS) is 25.4. The van der Waals surface area contributed by atoms with Crippen LogP contribution in [0, 0.1) is 0 Å². The average Bonchev–Trinajstić information content (AvgIpc) is 2.65. The number of nitrogens with one attached hydrogen (secondary N) is 1. The predicted molar refractivity (Wildman–Crippen MR) is 60.9 cm³/mol. The molecule has 5 heteroatoms. The molecule has 3 N–H and O–H groups in total. The van der Waals surface area contributed by atoms with Crippen LogP contribution in [0.3, 0.4) is 0 Å². The van der Waals surface area contributed by atoms with Crippen molar-refractivity contribution in [3.63, 3.8) is 0 Å². The largest absolute Gasteiger partial charge is 0.348 e. The third kappa shape index (κ3) is 2.61. The Kier molecular flexibility index (Phi) is 3.24. The van der Waals surface area contributed by atoms with Crippen molar-refractivity contribution in [2.45, 2.75) is 37.8 Å². The zero-order valence-corrected chi connectivity index (χ0v) is 9.52. The van der Waals surface area contributed by atoms with E-state index in [1.165, 1.54) is 0 Å². The molecule has 1 saturated carbocycles. The summed E-state index contributed by atoms with van der Waals surface area (Å²) >= 11 is 0. The molecule has 0 saturated heterocycles. The summed E-state index contributed by atoms with van der Waals surface area (Å²) in [6.45, 7) is 0. The molecule has 1 aliphatic rings. The molecule has 0 aromatic carbocycles. The zero-order valence-electron chi connectivity index (χ0n) is 9.52. The molecule has 2 atom stereocenters. The summed E-state index contributed by atoms with van der Waals surface area (Å²) in [6, 6.07) is 0.432. The van der Waals surface area contributed by atoms with Gasteiger partial charge < -0.3 is 15.6 Å². The van der Waals surface area contributed by atoms with Crippen molar-refractivity contribution in [3.8, 4) is 0 Å². The smallest absolute Gasteiger partial charge is 0.271 e. The highest BCUT2D eigenvalue weighted by molar-refractivity contribution is 5.92. The lowest BCUT2D eigenvalue weighted by Gasteiger charge is -2.26. The van der Waals surface area contributed by atoms with Crippen molar-refractivity contribution in [2.24, 2.45) is 12.8 Å². The minimum atomic E-state index is -0.0975. The van der Waals surface area contributed by atoms with Gasteiger partial charge in [-0.15, -0.1) is 0 Å². The minimum absolute atomic E-state index is 0.0975. The van der Waals surface area contributed by atoms with Crippen LogP contribution in [0.15, 0.2) is 12.5 Å². The van der Waals surface area contributed by atoms with E-state index in [0.29, 0.717) is 5.69 Å². The van der Waals surface area contributed by atoms with Crippen molar-refractivity contribution < 1.29 is 4.79 Å². The van der Waals surface area contributed by atoms with E-state index in [4.69, 9.17) is 5.73 Å². The molecule has 1 heterocycles. The van der Waals surface area contributed by atoms with E-state index in [0.717, 1.165) is 25.7 Å². The third-order valence-corrected chi connectivity index (χ3v) is 2.99. The summed E-state index contributed by atoms with van der Waals surface area (Å²) in [4.78, 5) is 15.8. The number of nitrogens with zero attached hydrogens (tertiary/aromatic N) is 2. The van der Waals surface area contributed by atoms with Crippen LogP contribution in [-0.4, -0.2) is 27.5 Å². The summed E-state index contributed by atoms with van der Waals surface area (Å²) in [5.41, 5.74) is 6.35. The average molecular weight is 222 g/mol. The first-order chi connectivity index (χ1) is 7.65. The molecule has 1 amide bonds. The first-order valence-electron chi connectivity index (χ1n) is 5.69. The Morgan fingerprint density at radius 1 is 1.62 bits per heavy atom. The van der Waals surface area contributed by atoms with Gasteiger partial charge in [0.05, 0.1) is 6.33 Å². The third-order valence-electron chi connectivity index (χ3n) is 2.99. The van der Waals surface area contributed by atoms with Crippen LogP contribution in [0.1, 0.15) is 36.2 Å². The molecule has 2 rings (SSSR count). The molecule has 1 aromatic rings. The first-order valence-corrected chi connectivity index (χ1v) is 5.69. The second kappa shape index (κ2) is 4.65. The molecule has 1 aliphatic carbocycles. The highest BCUT2D eigenvalue weighted by atomic mass is 16.2. The topological polar surface area (TPSA) is 72.9 Å². The maximum Gasteiger partial charge on any atom is 0.271 e. The van der Waals surface area contributed by atoms with Crippen LogP contribution in [-0.2, 0) is 7.05 Å². The Hall–Kier alpha value is -1.36. The monoisotopic (exact) mass is 222 g/mol. The molecule has 1 fully saturated rings. The molecule has 1 unspecified atom stereocenters. The first kappa shape index (κ1) is 11.1. The molecular weight excluding hydrogens is 204 g/mol. The Morgan fingerprint density at radius 2 is 2.44 bits per heavy atom. The lowest BCUT2D eigenvalue weighted by molar-refractivity contribution is 0.0921. The van der Waals surface area contributed by atoms with Crippen molar-refractivity contribution in [2.75, 3.05) is 0 Å². The van der Waals surface area contributed by atoms with Gasteiger partial charge in [-0.3, -0.25) is 4.79 Å². The molecule has 16 heavy (non-hydrogen) atoms. The van der Waals surface area contributed by atoms with Crippen LogP contribution in [0.5, 0.6) is 0 Å². The van der Waals surface area contributed by atoms with E-state index in [1.807, 2.05) is 7.05 Å². The predicted octanol–water partition coefficient (Wildman–Crippen LogP) is 0.420. The number of nitrogens with two attached hydrogens (primary N) is 1. The van der Waals surface area contributed by atoms with Gasteiger partial charge in [-0.2, -0.15) is 0 Å². The summed E-state index contributed by atoms with van der Waals surface area (Å²) in [5.74, 6) is -0.0975. The zero-order chi connectivity index (χ0) is 11.5. The summed E-state index contributed by atoms with van der Waals surface area (Å²) in [6.07, 6.45) is 7.40. The lowest BCUT2D eigenvalue weighted by Crippen LogP contribution is -2.42. The Bertz CT molecular complexity index is 374. The van der Waals surface area contributed by atoms with Crippen LogP contribution in [0.4, 0.5) is 0 Å². The Balaban J connectivity index is 1.92. The number of rotatable bonds is 2. The standard InChI is InChI=1S/C11H18N4O/c1-15-6-10(13-7-15)11(16)14-9-4-2-3-8(12)5-9/h6-9H,2-5,12H2,1H3,(H,14,16)/t8-,9?/m0/s1. The fourth-order valence-corrected chi connectivity index (χ4v) is 2.15. The maximum atomic E-state index is 11.8. The van der Waals surface area contributed by atoms with Crippen molar-refractivity contribution in [1.82, 2.24) is 14.9 Å². The van der Waals surface area contributed by atoms with Gasteiger partial charge in [0.1, 0.15) is 5.69 Å². The van der Waals surface area contributed by atoms with E-state index in [-0.39, 0.29) is 18.0 Å². The van der Waals surface area contributed by atoms with E-state index in [2.05, 4.69) is 10.3 Å². The van der Waals surface area contributed by atoms with Crippen LogP contribution in [0.2, 0.25) is 0 Å². The summed E-state index contributed by atoms with van der Waals surface area (Å²) in [5, 5.41) is 2.98. The van der Waals surface area contributed by atoms with Crippen LogP contribution in [0.25, 0.3) is 0 Å². The molecular formula is C11H18N4O. The fraction of sp³-hybridized carbons (Fsp3) is 0.636. The number of imidazole rings is 1. The molecule has 0 radical (unpaired) electrons. The summed E-state index contributed by atoms with van der Waals surface area (Å²) in [7, 11) is 1.85. The number of aryl methyl sites for hydroxylation is 1. The molecule has 0 spiro atoms. The van der Waals surface area contributed by atoms with Gasteiger partial charge in [-0.1, -0.05) is 0 Å². The van der Waals surface area contributed by atoms with Gasteiger partial charge >= 0.3 is 0 Å². The number of hydrogen-bond acceptors (Lipinski definition) is 3. The van der Waals surface area contributed by atoms with E-state index in [9.17, 15) is 4.79 Å². The maximum absolute atomic E-state index is 11.8. The SMILES string of the molecule is Cn1cnc(C(=O)NC2CCC[C@H](N)C2)c1. The highest BCUT2D eigenvalue weighted by Crippen LogP contribution is 2.17. The molecule has 88 valence electrons. The molecule has 0 bridgehead atoms. The minimum Gasteiger partial charge on any atom is -0.348 e.